The largest absolute Gasteiger partial charge is 0.489 e. The minimum absolute atomic E-state index is 0.166. The second kappa shape index (κ2) is 7.18. The van der Waals surface area contributed by atoms with Crippen LogP contribution in [0.1, 0.15) is 17.0 Å². The van der Waals surface area contributed by atoms with E-state index in [9.17, 15) is 4.39 Å². The normalized spacial score (nSPS) is 11.1. The highest BCUT2D eigenvalue weighted by Gasteiger charge is 2.02. The first-order valence-corrected chi connectivity index (χ1v) is 7.69. The van der Waals surface area contributed by atoms with Crippen molar-refractivity contribution >= 4 is 18.4 Å². The zero-order chi connectivity index (χ0) is 16.9. The number of H-pyrrole nitrogens is 1. The maximum atomic E-state index is 13.6. The predicted molar refractivity (Wildman–Crippen MR) is 92.3 cm³/mol. The van der Waals surface area contributed by atoms with Gasteiger partial charge in [0.15, 0.2) is 0 Å². The van der Waals surface area contributed by atoms with Crippen molar-refractivity contribution in [2.24, 2.45) is 5.10 Å². The molecule has 0 unspecified atom stereocenters. The lowest BCUT2D eigenvalue weighted by Crippen LogP contribution is -1.99. The number of rotatable bonds is 5. The molecule has 1 aromatic heterocycles. The van der Waals surface area contributed by atoms with Gasteiger partial charge in [-0.3, -0.25) is 5.10 Å². The van der Waals surface area contributed by atoms with Crippen molar-refractivity contribution in [3.63, 3.8) is 0 Å². The molecule has 0 aliphatic heterocycles. The van der Waals surface area contributed by atoms with E-state index in [0.29, 0.717) is 21.9 Å². The summed E-state index contributed by atoms with van der Waals surface area (Å²) in [5.41, 5.74) is 1.35. The molecule has 0 aliphatic rings. The van der Waals surface area contributed by atoms with E-state index in [1.165, 1.54) is 10.7 Å². The summed E-state index contributed by atoms with van der Waals surface area (Å²) in [7, 11) is 0. The summed E-state index contributed by atoms with van der Waals surface area (Å²) in [4.78, 5) is 0. The number of benzene rings is 2. The Morgan fingerprint density at radius 2 is 2.12 bits per heavy atom. The van der Waals surface area contributed by atoms with Gasteiger partial charge in [-0.2, -0.15) is 14.9 Å². The fourth-order valence-electron chi connectivity index (χ4n) is 2.09. The first-order chi connectivity index (χ1) is 11.6. The number of hydrogen-bond donors (Lipinski definition) is 1. The van der Waals surface area contributed by atoms with Crippen molar-refractivity contribution in [1.82, 2.24) is 14.9 Å². The molecule has 24 heavy (non-hydrogen) atoms. The van der Waals surface area contributed by atoms with E-state index in [1.807, 2.05) is 24.3 Å². The smallest absolute Gasteiger partial charge is 0.216 e. The lowest BCUT2D eigenvalue weighted by molar-refractivity contribution is 0.300. The zero-order valence-electron chi connectivity index (χ0n) is 12.9. The summed E-state index contributed by atoms with van der Waals surface area (Å²) < 4.78 is 21.2. The van der Waals surface area contributed by atoms with E-state index in [2.05, 4.69) is 15.3 Å². The van der Waals surface area contributed by atoms with E-state index >= 15 is 0 Å². The van der Waals surface area contributed by atoms with E-state index < -0.39 is 0 Å². The third-order valence-electron chi connectivity index (χ3n) is 3.34. The van der Waals surface area contributed by atoms with Crippen LogP contribution in [0, 0.1) is 17.5 Å². The second-order valence-corrected chi connectivity index (χ2v) is 5.47. The van der Waals surface area contributed by atoms with Crippen molar-refractivity contribution in [2.75, 3.05) is 0 Å². The third-order valence-corrected chi connectivity index (χ3v) is 3.61. The number of halogens is 1. The van der Waals surface area contributed by atoms with Gasteiger partial charge in [0.2, 0.25) is 4.77 Å². The summed E-state index contributed by atoms with van der Waals surface area (Å²) >= 11 is 5.09. The van der Waals surface area contributed by atoms with Crippen LogP contribution in [0.25, 0.3) is 0 Å². The van der Waals surface area contributed by atoms with Gasteiger partial charge in [-0.15, -0.1) is 0 Å². The lowest BCUT2D eigenvalue weighted by Gasteiger charge is -2.07. The van der Waals surface area contributed by atoms with Crippen LogP contribution < -0.4 is 4.74 Å². The minimum Gasteiger partial charge on any atom is -0.489 e. The minimum atomic E-state index is -0.278. The van der Waals surface area contributed by atoms with E-state index in [4.69, 9.17) is 17.0 Å². The van der Waals surface area contributed by atoms with Gasteiger partial charge in [0.25, 0.3) is 0 Å². The Kier molecular flexibility index (Phi) is 4.81. The molecule has 0 atom stereocenters. The second-order valence-electron chi connectivity index (χ2n) is 5.08. The number of aryl methyl sites for hydroxylation is 1. The van der Waals surface area contributed by atoms with Crippen molar-refractivity contribution in [3.05, 3.63) is 76.1 Å². The molecule has 3 rings (SSSR count). The molecular formula is C17H15FN4OS. The average molecular weight is 342 g/mol. The molecule has 0 amide bonds. The number of aromatic amines is 1. The molecule has 0 bridgehead atoms. The van der Waals surface area contributed by atoms with Crippen molar-refractivity contribution in [3.8, 4) is 5.75 Å². The molecule has 1 heterocycles. The first-order valence-electron chi connectivity index (χ1n) is 7.28. The Morgan fingerprint density at radius 1 is 1.29 bits per heavy atom. The number of ether oxygens (including phenoxy) is 1. The average Bonchev–Trinajstić information content (AvgIpc) is 2.91. The number of hydrogen-bond acceptors (Lipinski definition) is 4. The van der Waals surface area contributed by atoms with Gasteiger partial charge in [-0.05, 0) is 42.9 Å². The number of nitrogens with zero attached hydrogens (tertiary/aromatic N) is 3. The molecule has 7 heteroatoms. The van der Waals surface area contributed by atoms with Crippen molar-refractivity contribution in [1.29, 1.82) is 0 Å². The van der Waals surface area contributed by atoms with Gasteiger partial charge in [0.1, 0.15) is 24.0 Å². The highest BCUT2D eigenvalue weighted by Crippen LogP contribution is 2.15. The Labute approximate surface area is 143 Å². The molecule has 0 saturated carbocycles. The van der Waals surface area contributed by atoms with Crippen LogP contribution in [0.5, 0.6) is 5.75 Å². The fraction of sp³-hybridized carbons (Fsp3) is 0.118. The molecule has 0 saturated heterocycles. The Morgan fingerprint density at radius 3 is 2.88 bits per heavy atom. The highest BCUT2D eigenvalue weighted by atomic mass is 32.1. The van der Waals surface area contributed by atoms with Crippen LogP contribution in [0.15, 0.2) is 53.6 Å². The van der Waals surface area contributed by atoms with Crippen molar-refractivity contribution < 1.29 is 9.13 Å². The molecule has 2 aromatic carbocycles. The Balaban J connectivity index is 1.73. The Bertz CT molecular complexity index is 932. The molecule has 3 aromatic rings. The highest BCUT2D eigenvalue weighted by molar-refractivity contribution is 7.71. The SMILES string of the molecule is Cc1n[nH]c(=S)n1/N=C/c1cccc(OCc2ccccc2F)c1. The summed E-state index contributed by atoms with van der Waals surface area (Å²) in [6.45, 7) is 1.97. The summed E-state index contributed by atoms with van der Waals surface area (Å²) in [5.74, 6) is 1.03. The quantitative estimate of drug-likeness (QED) is 0.566. The van der Waals surface area contributed by atoms with Crippen LogP contribution in [0.4, 0.5) is 4.39 Å². The lowest BCUT2D eigenvalue weighted by atomic mass is 10.2. The van der Waals surface area contributed by atoms with Crippen LogP contribution in [-0.4, -0.2) is 21.1 Å². The topological polar surface area (TPSA) is 55.2 Å². The molecule has 0 aliphatic carbocycles. The molecule has 122 valence electrons. The van der Waals surface area contributed by atoms with Gasteiger partial charge in [-0.25, -0.2) is 4.39 Å². The molecule has 0 radical (unpaired) electrons. The predicted octanol–water partition coefficient (Wildman–Crippen LogP) is 3.85. The van der Waals surface area contributed by atoms with Crippen LogP contribution in [0.2, 0.25) is 0 Å². The molecule has 5 nitrogen and oxygen atoms in total. The summed E-state index contributed by atoms with van der Waals surface area (Å²) in [6, 6.07) is 13.9. The van der Waals surface area contributed by atoms with Crippen LogP contribution >= 0.6 is 12.2 Å². The van der Waals surface area contributed by atoms with Gasteiger partial charge < -0.3 is 4.74 Å². The maximum Gasteiger partial charge on any atom is 0.216 e. The zero-order valence-corrected chi connectivity index (χ0v) is 13.8. The van der Waals surface area contributed by atoms with Gasteiger partial charge in [0, 0.05) is 5.56 Å². The molecule has 0 fully saturated rings. The third kappa shape index (κ3) is 3.75. The van der Waals surface area contributed by atoms with Crippen LogP contribution in [-0.2, 0) is 6.61 Å². The van der Waals surface area contributed by atoms with Crippen molar-refractivity contribution in [2.45, 2.75) is 13.5 Å². The van der Waals surface area contributed by atoms with E-state index in [0.717, 1.165) is 5.56 Å². The number of aromatic nitrogens is 3. The molecule has 0 spiro atoms. The molecular weight excluding hydrogens is 327 g/mol. The summed E-state index contributed by atoms with van der Waals surface area (Å²) in [5, 5.41) is 10.9. The standard InChI is InChI=1S/C17H15FN4OS/c1-12-20-21-17(24)22(12)19-10-13-5-4-7-15(9-13)23-11-14-6-2-3-8-16(14)18/h2-10H,11H2,1H3,(H,21,24)/b19-10+. The van der Waals surface area contributed by atoms with Gasteiger partial charge in [-0.1, -0.05) is 30.3 Å². The van der Waals surface area contributed by atoms with Gasteiger partial charge >= 0.3 is 0 Å². The molecule has 1 N–H and O–H groups in total. The number of nitrogens with one attached hydrogen (secondary N) is 1. The summed E-state index contributed by atoms with van der Waals surface area (Å²) in [6.07, 6.45) is 1.66. The fourth-order valence-corrected chi connectivity index (χ4v) is 2.32. The maximum absolute atomic E-state index is 13.6. The van der Waals surface area contributed by atoms with Gasteiger partial charge in [0.05, 0.1) is 6.21 Å². The monoisotopic (exact) mass is 342 g/mol. The first kappa shape index (κ1) is 16.1. The van der Waals surface area contributed by atoms with E-state index in [1.54, 1.807) is 31.3 Å². The Hall–Kier alpha value is -2.80. The van der Waals surface area contributed by atoms with E-state index in [-0.39, 0.29) is 12.4 Å². The van der Waals surface area contributed by atoms with Crippen LogP contribution in [0.3, 0.4) is 0 Å².